The molecule has 0 saturated carbocycles. The number of hydrogen-bond donors (Lipinski definition) is 3. The van der Waals surface area contributed by atoms with Crippen LogP contribution in [0.15, 0.2) is 52.4 Å². The molecule has 0 heterocycles. The zero-order valence-corrected chi connectivity index (χ0v) is 19.9. The molecule has 0 atom stereocenters. The molecule has 11 heteroatoms. The topological polar surface area (TPSA) is 91.8 Å². The van der Waals surface area contributed by atoms with E-state index >= 15 is 0 Å². The highest BCUT2D eigenvalue weighted by Gasteiger charge is 2.12. The van der Waals surface area contributed by atoms with Crippen molar-refractivity contribution in [2.24, 2.45) is 4.99 Å². The van der Waals surface area contributed by atoms with E-state index in [2.05, 4.69) is 25.1 Å². The Morgan fingerprint density at radius 1 is 1.10 bits per heavy atom. The van der Waals surface area contributed by atoms with Crippen LogP contribution in [0.3, 0.4) is 0 Å². The number of ether oxygens (including phenoxy) is 1. The molecule has 0 aliphatic rings. The molecule has 0 fully saturated rings. The highest BCUT2D eigenvalue weighted by molar-refractivity contribution is 14.0. The van der Waals surface area contributed by atoms with E-state index in [1.54, 1.807) is 31.3 Å². The minimum atomic E-state index is -3.48. The Bertz CT molecular complexity index is 955. The van der Waals surface area contributed by atoms with Crippen LogP contribution in [0.4, 0.5) is 8.78 Å². The molecule has 0 unspecified atom stereocenters. The van der Waals surface area contributed by atoms with Crippen molar-refractivity contribution in [3.63, 3.8) is 0 Å². The molecular weight excluding hydrogens is 529 g/mol. The summed E-state index contributed by atoms with van der Waals surface area (Å²) in [7, 11) is -0.537. The lowest BCUT2D eigenvalue weighted by Gasteiger charge is -2.15. The van der Waals surface area contributed by atoms with Gasteiger partial charge in [0.1, 0.15) is 5.75 Å². The largest absolute Gasteiger partial charge is 0.434 e. The van der Waals surface area contributed by atoms with Crippen molar-refractivity contribution >= 4 is 40.0 Å². The van der Waals surface area contributed by atoms with Gasteiger partial charge in [0.05, 0.1) is 4.90 Å². The number of alkyl halides is 2. The van der Waals surface area contributed by atoms with Gasteiger partial charge < -0.3 is 15.4 Å². The van der Waals surface area contributed by atoms with Gasteiger partial charge in [0.2, 0.25) is 10.0 Å². The molecule has 0 aliphatic heterocycles. The first-order valence-corrected chi connectivity index (χ1v) is 10.2. The predicted octanol–water partition coefficient (Wildman–Crippen LogP) is 2.99. The number of aliphatic imine (C=N–C) groups is 1. The third-order valence-corrected chi connectivity index (χ3v) is 5.49. The quantitative estimate of drug-likeness (QED) is 0.265. The van der Waals surface area contributed by atoms with Crippen LogP contribution in [-0.4, -0.2) is 35.1 Å². The third kappa shape index (κ3) is 7.69. The van der Waals surface area contributed by atoms with Crippen LogP contribution < -0.4 is 20.1 Å². The molecule has 3 N–H and O–H groups in total. The summed E-state index contributed by atoms with van der Waals surface area (Å²) < 4.78 is 55.5. The van der Waals surface area contributed by atoms with Crippen LogP contribution in [0.25, 0.3) is 0 Å². The van der Waals surface area contributed by atoms with Crippen molar-refractivity contribution in [2.75, 3.05) is 14.1 Å². The normalized spacial score (nSPS) is 11.7. The maximum atomic E-state index is 12.6. The monoisotopic (exact) mass is 554 g/mol. The predicted molar refractivity (Wildman–Crippen MR) is 123 cm³/mol. The van der Waals surface area contributed by atoms with E-state index in [-0.39, 0.29) is 41.2 Å². The Kier molecular flexibility index (Phi) is 10.4. The molecule has 0 saturated heterocycles. The molecule has 0 amide bonds. The Balaban J connectivity index is 0.00000450. The second-order valence-corrected chi connectivity index (χ2v) is 8.01. The second-order valence-electron chi connectivity index (χ2n) is 6.12. The van der Waals surface area contributed by atoms with Crippen molar-refractivity contribution < 1.29 is 21.9 Å². The van der Waals surface area contributed by atoms with Crippen LogP contribution >= 0.6 is 24.0 Å². The van der Waals surface area contributed by atoms with Crippen LogP contribution in [0.5, 0.6) is 5.75 Å². The van der Waals surface area contributed by atoms with Crippen LogP contribution in [0.1, 0.15) is 16.7 Å². The van der Waals surface area contributed by atoms with Crippen molar-refractivity contribution in [3.05, 3.63) is 59.2 Å². The number of hydrogen-bond acceptors (Lipinski definition) is 4. The zero-order chi connectivity index (χ0) is 21.4. The maximum Gasteiger partial charge on any atom is 0.387 e. The molecule has 0 spiro atoms. The van der Waals surface area contributed by atoms with E-state index in [1.165, 1.54) is 25.2 Å². The zero-order valence-electron chi connectivity index (χ0n) is 16.8. The van der Waals surface area contributed by atoms with Gasteiger partial charge in [0, 0.05) is 25.7 Å². The smallest absolute Gasteiger partial charge is 0.387 e. The molecule has 0 radical (unpaired) electrons. The van der Waals surface area contributed by atoms with Crippen molar-refractivity contribution in [3.8, 4) is 5.75 Å². The van der Waals surface area contributed by atoms with Crippen molar-refractivity contribution in [2.45, 2.75) is 31.5 Å². The minimum Gasteiger partial charge on any atom is -0.434 e. The fourth-order valence-electron chi connectivity index (χ4n) is 2.55. The second kappa shape index (κ2) is 12.0. The third-order valence-electron chi connectivity index (χ3n) is 4.06. The van der Waals surface area contributed by atoms with E-state index < -0.39 is 16.6 Å². The van der Waals surface area contributed by atoms with Gasteiger partial charge in [-0.05, 0) is 37.7 Å². The summed E-state index contributed by atoms with van der Waals surface area (Å²) in [5.41, 5.74) is 2.35. The van der Waals surface area contributed by atoms with Crippen LogP contribution in [0.2, 0.25) is 0 Å². The number of rotatable bonds is 8. The Labute approximate surface area is 192 Å². The molecule has 7 nitrogen and oxygen atoms in total. The summed E-state index contributed by atoms with van der Waals surface area (Å²) in [4.78, 5) is 4.28. The van der Waals surface area contributed by atoms with Gasteiger partial charge in [-0.3, -0.25) is 4.99 Å². The molecule has 2 aromatic carbocycles. The lowest BCUT2D eigenvalue weighted by Crippen LogP contribution is -2.36. The summed E-state index contributed by atoms with van der Waals surface area (Å²) in [6, 6.07) is 11.4. The van der Waals surface area contributed by atoms with Crippen LogP contribution in [0, 0.1) is 6.92 Å². The van der Waals surface area contributed by atoms with E-state index in [1.807, 2.05) is 6.92 Å². The van der Waals surface area contributed by atoms with E-state index in [4.69, 9.17) is 0 Å². The van der Waals surface area contributed by atoms with Gasteiger partial charge in [-0.25, -0.2) is 13.1 Å². The molecule has 30 heavy (non-hydrogen) atoms. The lowest BCUT2D eigenvalue weighted by atomic mass is 10.1. The van der Waals surface area contributed by atoms with Crippen molar-refractivity contribution in [1.29, 1.82) is 0 Å². The summed E-state index contributed by atoms with van der Waals surface area (Å²) in [6.45, 7) is -0.402. The first-order chi connectivity index (χ1) is 13.7. The number of halogens is 3. The number of sulfonamides is 1. The number of aryl methyl sites for hydroxylation is 1. The van der Waals surface area contributed by atoms with Gasteiger partial charge >= 0.3 is 6.61 Å². The highest BCUT2D eigenvalue weighted by Crippen LogP contribution is 2.22. The number of benzene rings is 2. The van der Waals surface area contributed by atoms with Gasteiger partial charge in [0.15, 0.2) is 5.96 Å². The van der Waals surface area contributed by atoms with Gasteiger partial charge in [-0.2, -0.15) is 8.78 Å². The molecule has 2 rings (SSSR count). The molecule has 2 aromatic rings. The average Bonchev–Trinajstić information content (AvgIpc) is 2.70. The standard InChI is InChI=1S/C19H24F2N4O3S.HI/c1-13-4-9-17(28-18(20)21)15(10-13)12-25-19(22-2)24-11-14-5-7-16(8-6-14)29(26,27)23-3;/h4-10,18,23H,11-12H2,1-3H3,(H2,22,24,25);1H. The number of nitrogens with zero attached hydrogens (tertiary/aromatic N) is 1. The molecular formula is C19H25F2IN4O3S. The number of nitrogens with one attached hydrogen (secondary N) is 3. The maximum absolute atomic E-state index is 12.6. The summed E-state index contributed by atoms with van der Waals surface area (Å²) in [5.74, 6) is 0.566. The summed E-state index contributed by atoms with van der Waals surface area (Å²) in [5, 5.41) is 6.14. The van der Waals surface area contributed by atoms with Crippen LogP contribution in [-0.2, 0) is 23.1 Å². The first-order valence-electron chi connectivity index (χ1n) is 8.76. The Morgan fingerprint density at radius 2 is 1.73 bits per heavy atom. The number of guanidine groups is 1. The Hall–Kier alpha value is -1.99. The van der Waals surface area contributed by atoms with Crippen molar-refractivity contribution in [1.82, 2.24) is 15.4 Å². The molecule has 0 aromatic heterocycles. The van der Waals surface area contributed by atoms with Gasteiger partial charge in [-0.15, -0.1) is 24.0 Å². The van der Waals surface area contributed by atoms with Gasteiger partial charge in [0.25, 0.3) is 0 Å². The fraction of sp³-hybridized carbons (Fsp3) is 0.316. The van der Waals surface area contributed by atoms with Gasteiger partial charge in [-0.1, -0.05) is 29.8 Å². The fourth-order valence-corrected chi connectivity index (χ4v) is 3.28. The molecule has 166 valence electrons. The van der Waals surface area contributed by atoms with E-state index in [0.717, 1.165) is 11.1 Å². The Morgan fingerprint density at radius 3 is 2.30 bits per heavy atom. The van der Waals surface area contributed by atoms with E-state index in [0.29, 0.717) is 18.1 Å². The minimum absolute atomic E-state index is 0. The summed E-state index contributed by atoms with van der Waals surface area (Å²) in [6.07, 6.45) is 0. The first kappa shape index (κ1) is 26.0. The molecule has 0 bridgehead atoms. The summed E-state index contributed by atoms with van der Waals surface area (Å²) >= 11 is 0. The SMILES string of the molecule is CN=C(NCc1ccc(S(=O)(=O)NC)cc1)NCc1cc(C)ccc1OC(F)F.I. The average molecular weight is 554 g/mol. The lowest BCUT2D eigenvalue weighted by molar-refractivity contribution is -0.0504. The molecule has 0 aliphatic carbocycles. The highest BCUT2D eigenvalue weighted by atomic mass is 127. The van der Waals surface area contributed by atoms with E-state index in [9.17, 15) is 17.2 Å².